The maximum Gasteiger partial charge on any atom is 0.255 e. The second kappa shape index (κ2) is 5.42. The fourth-order valence-electron chi connectivity index (χ4n) is 2.62. The molecule has 2 N–H and O–H groups in total. The summed E-state index contributed by atoms with van der Waals surface area (Å²) in [6.07, 6.45) is 3.49. The van der Waals surface area contributed by atoms with Crippen LogP contribution in [0, 0.1) is 12.8 Å². The Balaban J connectivity index is 2.18. The number of aryl methyl sites for hydroxylation is 1. The minimum atomic E-state index is 0.0920. The van der Waals surface area contributed by atoms with Gasteiger partial charge in [-0.25, -0.2) is 0 Å². The molecule has 2 rings (SSSR count). The van der Waals surface area contributed by atoms with E-state index in [2.05, 4.69) is 6.92 Å². The predicted molar refractivity (Wildman–Crippen MR) is 74.5 cm³/mol. The van der Waals surface area contributed by atoms with Gasteiger partial charge in [-0.15, -0.1) is 0 Å². The Kier molecular flexibility index (Phi) is 3.90. The third-order valence-electron chi connectivity index (χ3n) is 3.94. The Labute approximate surface area is 109 Å². The number of benzene rings is 1. The van der Waals surface area contributed by atoms with Gasteiger partial charge in [0.25, 0.3) is 5.91 Å². The van der Waals surface area contributed by atoms with Crippen LogP contribution in [0.2, 0.25) is 0 Å². The number of anilines is 1. The summed E-state index contributed by atoms with van der Waals surface area (Å²) in [5, 5.41) is 0. The van der Waals surface area contributed by atoms with Crippen molar-refractivity contribution < 1.29 is 4.79 Å². The number of piperidine rings is 1. The highest BCUT2D eigenvalue weighted by Gasteiger charge is 2.24. The van der Waals surface area contributed by atoms with Gasteiger partial charge >= 0.3 is 0 Å². The van der Waals surface area contributed by atoms with E-state index in [4.69, 9.17) is 5.73 Å². The van der Waals surface area contributed by atoms with E-state index in [1.807, 2.05) is 30.0 Å². The third kappa shape index (κ3) is 2.50. The van der Waals surface area contributed by atoms with Crippen molar-refractivity contribution in [2.24, 2.45) is 5.92 Å². The average Bonchev–Trinajstić information content (AvgIpc) is 2.41. The quantitative estimate of drug-likeness (QED) is 0.816. The smallest absolute Gasteiger partial charge is 0.255 e. The van der Waals surface area contributed by atoms with Crippen molar-refractivity contribution in [1.29, 1.82) is 0 Å². The maximum absolute atomic E-state index is 12.5. The summed E-state index contributed by atoms with van der Waals surface area (Å²) < 4.78 is 0. The van der Waals surface area contributed by atoms with Crippen molar-refractivity contribution in [2.45, 2.75) is 33.1 Å². The summed E-state index contributed by atoms with van der Waals surface area (Å²) in [6, 6.07) is 5.68. The van der Waals surface area contributed by atoms with Crippen molar-refractivity contribution >= 4 is 11.6 Å². The molecule has 0 aromatic heterocycles. The first kappa shape index (κ1) is 12.9. The van der Waals surface area contributed by atoms with Crippen molar-refractivity contribution in [3.8, 4) is 0 Å². The van der Waals surface area contributed by atoms with Gasteiger partial charge in [0.2, 0.25) is 0 Å². The number of carbonyl (C=O) groups is 1. The molecular weight excluding hydrogens is 224 g/mol. The highest BCUT2D eigenvalue weighted by Crippen LogP contribution is 2.23. The summed E-state index contributed by atoms with van der Waals surface area (Å²) in [5.74, 6) is 0.739. The standard InChI is InChI=1S/C15H22N2O/c1-3-12-7-5-9-17(10-12)15(18)13-8-4-6-11(2)14(13)16/h4,6,8,12H,3,5,7,9-10,16H2,1-2H3. The normalized spacial score (nSPS) is 19.9. The lowest BCUT2D eigenvalue weighted by molar-refractivity contribution is 0.0672. The summed E-state index contributed by atoms with van der Waals surface area (Å²) in [6.45, 7) is 5.88. The summed E-state index contributed by atoms with van der Waals surface area (Å²) in [5.41, 5.74) is 8.27. The molecule has 1 saturated heterocycles. The summed E-state index contributed by atoms with van der Waals surface area (Å²) >= 11 is 0. The molecule has 0 aliphatic carbocycles. The summed E-state index contributed by atoms with van der Waals surface area (Å²) in [7, 11) is 0. The van der Waals surface area contributed by atoms with Gasteiger partial charge in [-0.1, -0.05) is 25.5 Å². The molecule has 3 heteroatoms. The van der Waals surface area contributed by atoms with Gasteiger partial charge < -0.3 is 10.6 Å². The number of hydrogen-bond acceptors (Lipinski definition) is 2. The molecule has 18 heavy (non-hydrogen) atoms. The van der Waals surface area contributed by atoms with Crippen LogP contribution in [-0.4, -0.2) is 23.9 Å². The molecule has 1 aromatic carbocycles. The van der Waals surface area contributed by atoms with Crippen LogP contribution in [0.4, 0.5) is 5.69 Å². The molecule has 1 aliphatic rings. The molecule has 0 radical (unpaired) electrons. The van der Waals surface area contributed by atoms with E-state index in [1.165, 1.54) is 6.42 Å². The number of likely N-dealkylation sites (tertiary alicyclic amines) is 1. The molecule has 0 bridgehead atoms. The zero-order valence-corrected chi connectivity index (χ0v) is 11.3. The molecule has 1 atom stereocenters. The fourth-order valence-corrected chi connectivity index (χ4v) is 2.62. The Morgan fingerprint density at radius 1 is 1.50 bits per heavy atom. The molecule has 1 amide bonds. The lowest BCUT2D eigenvalue weighted by Crippen LogP contribution is -2.40. The lowest BCUT2D eigenvalue weighted by Gasteiger charge is -2.32. The highest BCUT2D eigenvalue weighted by atomic mass is 16.2. The average molecular weight is 246 g/mol. The monoisotopic (exact) mass is 246 g/mol. The van der Waals surface area contributed by atoms with Gasteiger partial charge in [0.1, 0.15) is 0 Å². The Bertz CT molecular complexity index is 442. The van der Waals surface area contributed by atoms with E-state index in [1.54, 1.807) is 0 Å². The SMILES string of the molecule is CCC1CCCN(C(=O)c2cccc(C)c2N)C1. The van der Waals surface area contributed by atoms with Gasteiger partial charge in [0.15, 0.2) is 0 Å². The van der Waals surface area contributed by atoms with Gasteiger partial charge in [-0.3, -0.25) is 4.79 Å². The zero-order chi connectivity index (χ0) is 13.1. The minimum Gasteiger partial charge on any atom is -0.398 e. The van der Waals surface area contributed by atoms with Gasteiger partial charge in [0, 0.05) is 18.8 Å². The van der Waals surface area contributed by atoms with Crippen LogP contribution in [0.25, 0.3) is 0 Å². The van der Waals surface area contributed by atoms with Gasteiger partial charge in [-0.2, -0.15) is 0 Å². The van der Waals surface area contributed by atoms with Crippen molar-refractivity contribution in [3.05, 3.63) is 29.3 Å². The fraction of sp³-hybridized carbons (Fsp3) is 0.533. The van der Waals surface area contributed by atoms with E-state index in [0.717, 1.165) is 31.5 Å². The maximum atomic E-state index is 12.5. The van der Waals surface area contributed by atoms with Crippen LogP contribution in [0.5, 0.6) is 0 Å². The van der Waals surface area contributed by atoms with Crippen molar-refractivity contribution in [1.82, 2.24) is 4.90 Å². The molecule has 1 aromatic rings. The molecule has 0 spiro atoms. The van der Waals surface area contributed by atoms with Crippen LogP contribution in [0.1, 0.15) is 42.1 Å². The first-order valence-electron chi connectivity index (χ1n) is 6.77. The number of nitrogens with zero attached hydrogens (tertiary/aromatic N) is 1. The number of nitrogens with two attached hydrogens (primary N) is 1. The van der Waals surface area contributed by atoms with Crippen LogP contribution >= 0.6 is 0 Å². The van der Waals surface area contributed by atoms with Gasteiger partial charge in [-0.05, 0) is 37.3 Å². The second-order valence-electron chi connectivity index (χ2n) is 5.20. The molecule has 1 fully saturated rings. The van der Waals surface area contributed by atoms with E-state index >= 15 is 0 Å². The molecule has 1 heterocycles. The number of carbonyl (C=O) groups excluding carboxylic acids is 1. The van der Waals surface area contributed by atoms with Crippen LogP contribution < -0.4 is 5.73 Å². The summed E-state index contributed by atoms with van der Waals surface area (Å²) in [4.78, 5) is 14.4. The second-order valence-corrected chi connectivity index (χ2v) is 5.20. The number of rotatable bonds is 2. The van der Waals surface area contributed by atoms with E-state index < -0.39 is 0 Å². The van der Waals surface area contributed by atoms with E-state index in [9.17, 15) is 4.79 Å². The predicted octanol–water partition coefficient (Wildman–Crippen LogP) is 2.84. The topological polar surface area (TPSA) is 46.3 Å². The lowest BCUT2D eigenvalue weighted by atomic mass is 9.95. The van der Waals surface area contributed by atoms with Crippen LogP contribution in [0.15, 0.2) is 18.2 Å². The highest BCUT2D eigenvalue weighted by molar-refractivity contribution is 5.99. The number of hydrogen-bond donors (Lipinski definition) is 1. The molecule has 3 nitrogen and oxygen atoms in total. The molecule has 1 unspecified atom stereocenters. The van der Waals surface area contributed by atoms with Crippen molar-refractivity contribution in [3.63, 3.8) is 0 Å². The Morgan fingerprint density at radius 3 is 3.00 bits per heavy atom. The molecular formula is C15H22N2O. The van der Waals surface area contributed by atoms with Crippen molar-refractivity contribution in [2.75, 3.05) is 18.8 Å². The van der Waals surface area contributed by atoms with E-state index in [0.29, 0.717) is 17.2 Å². The Morgan fingerprint density at radius 2 is 2.28 bits per heavy atom. The first-order chi connectivity index (χ1) is 8.63. The van der Waals surface area contributed by atoms with Crippen LogP contribution in [-0.2, 0) is 0 Å². The molecule has 98 valence electrons. The minimum absolute atomic E-state index is 0.0920. The van der Waals surface area contributed by atoms with Crippen LogP contribution in [0.3, 0.4) is 0 Å². The Hall–Kier alpha value is -1.51. The largest absolute Gasteiger partial charge is 0.398 e. The number of amides is 1. The molecule has 1 aliphatic heterocycles. The zero-order valence-electron chi connectivity index (χ0n) is 11.3. The first-order valence-corrected chi connectivity index (χ1v) is 6.77. The number of para-hydroxylation sites is 1. The van der Waals surface area contributed by atoms with Gasteiger partial charge in [0.05, 0.1) is 5.56 Å². The molecule has 0 saturated carbocycles. The number of nitrogen functional groups attached to an aromatic ring is 1. The third-order valence-corrected chi connectivity index (χ3v) is 3.94. The van der Waals surface area contributed by atoms with E-state index in [-0.39, 0.29) is 5.91 Å².